The fraction of sp³-hybridized carbons (Fsp3) is 0.333. The minimum absolute atomic E-state index is 0.122. The Balaban J connectivity index is 2.74. The highest BCUT2D eigenvalue weighted by molar-refractivity contribution is 7.95. The Labute approximate surface area is 109 Å². The average Bonchev–Trinajstić information content (AvgIpc) is 2.60. The largest absolute Gasteiger partial charge is 0.417 e. The number of nitrogens with one attached hydrogen (secondary N) is 1. The topological polar surface area (TPSA) is 46.2 Å². The number of hydrogen-bond donors (Lipinski definition) is 1. The zero-order valence-corrected chi connectivity index (χ0v) is 11.1. The molecule has 0 bridgehead atoms. The molecule has 1 heterocycles. The van der Waals surface area contributed by atoms with Crippen molar-refractivity contribution in [1.82, 2.24) is 5.32 Å². The molecule has 0 aliphatic carbocycles. The number of likely N-dealkylation sites (N-methyl/N-ethyl adjacent to an activating group) is 1. The maximum absolute atomic E-state index is 12.9. The molecule has 1 N–H and O–H groups in total. The molecule has 104 valence electrons. The third kappa shape index (κ3) is 2.28. The van der Waals surface area contributed by atoms with Gasteiger partial charge in [0.25, 0.3) is 0 Å². The molecule has 1 unspecified atom stereocenters. The average molecular weight is 291 g/mol. The predicted molar refractivity (Wildman–Crippen MR) is 65.1 cm³/mol. The molecule has 0 fully saturated rings. The number of halogens is 3. The standard InChI is InChI=1S/C12H12F3NO2S/c1-7(16-2)9-6-19(17,18)11-8(9)4-3-5-10(11)12(13,14)15/h3-7,16H,1-2H3. The van der Waals surface area contributed by atoms with Gasteiger partial charge in [-0.05, 0) is 31.2 Å². The molecule has 0 aromatic heterocycles. The molecule has 1 atom stereocenters. The van der Waals surface area contributed by atoms with Gasteiger partial charge >= 0.3 is 6.18 Å². The fourth-order valence-electron chi connectivity index (χ4n) is 2.07. The van der Waals surface area contributed by atoms with E-state index in [4.69, 9.17) is 0 Å². The van der Waals surface area contributed by atoms with Crippen LogP contribution in [-0.4, -0.2) is 21.5 Å². The summed E-state index contributed by atoms with van der Waals surface area (Å²) in [5, 5.41) is 3.74. The molecule has 2 rings (SSSR count). The Morgan fingerprint density at radius 1 is 1.26 bits per heavy atom. The van der Waals surface area contributed by atoms with E-state index < -0.39 is 26.5 Å². The van der Waals surface area contributed by atoms with Gasteiger partial charge in [-0.2, -0.15) is 13.2 Å². The van der Waals surface area contributed by atoms with Crippen LogP contribution in [0, 0.1) is 0 Å². The summed E-state index contributed by atoms with van der Waals surface area (Å²) in [6.45, 7) is 1.69. The maximum atomic E-state index is 12.9. The van der Waals surface area contributed by atoms with Crippen LogP contribution in [-0.2, 0) is 16.0 Å². The lowest BCUT2D eigenvalue weighted by Gasteiger charge is -2.15. The van der Waals surface area contributed by atoms with Gasteiger partial charge in [-0.1, -0.05) is 12.1 Å². The molecule has 1 aliphatic heterocycles. The van der Waals surface area contributed by atoms with Crippen molar-refractivity contribution in [2.45, 2.75) is 24.0 Å². The van der Waals surface area contributed by atoms with E-state index in [2.05, 4.69) is 5.32 Å². The van der Waals surface area contributed by atoms with Gasteiger partial charge in [-0.25, -0.2) is 8.42 Å². The molecule has 19 heavy (non-hydrogen) atoms. The van der Waals surface area contributed by atoms with E-state index in [1.807, 2.05) is 0 Å². The van der Waals surface area contributed by atoms with E-state index in [1.165, 1.54) is 12.1 Å². The second kappa shape index (κ2) is 4.35. The first-order chi connectivity index (χ1) is 8.68. The summed E-state index contributed by atoms with van der Waals surface area (Å²) in [4.78, 5) is -0.639. The number of sulfone groups is 1. The number of benzene rings is 1. The molecule has 0 saturated heterocycles. The van der Waals surface area contributed by atoms with E-state index in [0.717, 1.165) is 11.5 Å². The Morgan fingerprint density at radius 2 is 1.89 bits per heavy atom. The minimum atomic E-state index is -4.69. The van der Waals surface area contributed by atoms with Crippen molar-refractivity contribution in [3.05, 3.63) is 34.7 Å². The van der Waals surface area contributed by atoms with E-state index in [-0.39, 0.29) is 11.6 Å². The van der Waals surface area contributed by atoms with Crippen molar-refractivity contribution in [1.29, 1.82) is 0 Å². The lowest BCUT2D eigenvalue weighted by atomic mass is 9.99. The molecule has 0 amide bonds. The third-order valence-corrected chi connectivity index (χ3v) is 4.67. The third-order valence-electron chi connectivity index (χ3n) is 3.10. The second-order valence-electron chi connectivity index (χ2n) is 4.31. The quantitative estimate of drug-likeness (QED) is 0.910. The molecule has 7 heteroatoms. The van der Waals surface area contributed by atoms with Crippen LogP contribution in [0.4, 0.5) is 13.2 Å². The summed E-state index contributed by atoms with van der Waals surface area (Å²) in [6, 6.07) is 3.06. The van der Waals surface area contributed by atoms with E-state index in [0.29, 0.717) is 5.57 Å². The summed E-state index contributed by atoms with van der Waals surface area (Å²) >= 11 is 0. The lowest BCUT2D eigenvalue weighted by Crippen LogP contribution is -2.22. The molecule has 0 radical (unpaired) electrons. The van der Waals surface area contributed by atoms with Crippen LogP contribution in [0.1, 0.15) is 18.1 Å². The lowest BCUT2D eigenvalue weighted by molar-refractivity contribution is -0.139. The molecule has 3 nitrogen and oxygen atoms in total. The van der Waals surface area contributed by atoms with Crippen molar-refractivity contribution < 1.29 is 21.6 Å². The monoisotopic (exact) mass is 291 g/mol. The van der Waals surface area contributed by atoms with Crippen LogP contribution < -0.4 is 5.32 Å². The SMILES string of the molecule is CNC(C)C1=CS(=O)(=O)c2c1cccc2C(F)(F)F. The van der Waals surface area contributed by atoms with Crippen molar-refractivity contribution in [2.75, 3.05) is 7.05 Å². The number of alkyl halides is 3. The molecule has 0 spiro atoms. The zero-order valence-electron chi connectivity index (χ0n) is 10.2. The van der Waals surface area contributed by atoms with Crippen LogP contribution in [0.15, 0.2) is 28.5 Å². The van der Waals surface area contributed by atoms with Crippen LogP contribution in [0.2, 0.25) is 0 Å². The Hall–Kier alpha value is -1.34. The fourth-order valence-corrected chi connectivity index (χ4v) is 3.84. The van der Waals surface area contributed by atoms with Gasteiger partial charge in [-0.15, -0.1) is 0 Å². The van der Waals surface area contributed by atoms with Crippen LogP contribution in [0.3, 0.4) is 0 Å². The summed E-state index contributed by atoms with van der Waals surface area (Å²) in [5.41, 5.74) is -0.639. The van der Waals surface area contributed by atoms with Crippen LogP contribution in [0.25, 0.3) is 5.57 Å². The first-order valence-electron chi connectivity index (χ1n) is 5.53. The Morgan fingerprint density at radius 3 is 2.42 bits per heavy atom. The first-order valence-corrected chi connectivity index (χ1v) is 7.07. The summed E-state index contributed by atoms with van der Waals surface area (Å²) in [6.07, 6.45) is -4.69. The Bertz CT molecular complexity index is 647. The highest BCUT2D eigenvalue weighted by Gasteiger charge is 2.41. The molecule has 1 aromatic rings. The van der Waals surface area contributed by atoms with Gasteiger partial charge in [0.15, 0.2) is 0 Å². The van der Waals surface area contributed by atoms with Gasteiger partial charge < -0.3 is 5.32 Å². The first kappa shape index (κ1) is 14.1. The number of rotatable bonds is 2. The highest BCUT2D eigenvalue weighted by Crippen LogP contribution is 2.43. The van der Waals surface area contributed by atoms with Crippen molar-refractivity contribution in [2.24, 2.45) is 0 Å². The van der Waals surface area contributed by atoms with Gasteiger partial charge in [0.2, 0.25) is 9.84 Å². The highest BCUT2D eigenvalue weighted by atomic mass is 32.2. The van der Waals surface area contributed by atoms with Crippen LogP contribution >= 0.6 is 0 Å². The van der Waals surface area contributed by atoms with E-state index in [1.54, 1.807) is 14.0 Å². The Kier molecular flexibility index (Phi) is 3.22. The molecular weight excluding hydrogens is 279 g/mol. The zero-order chi connectivity index (χ0) is 14.4. The van der Waals surface area contributed by atoms with E-state index in [9.17, 15) is 21.6 Å². The van der Waals surface area contributed by atoms with Gasteiger partial charge in [0, 0.05) is 11.4 Å². The molecule has 1 aliphatic rings. The normalized spacial score (nSPS) is 18.9. The number of hydrogen-bond acceptors (Lipinski definition) is 3. The van der Waals surface area contributed by atoms with Crippen molar-refractivity contribution >= 4 is 15.4 Å². The summed E-state index contributed by atoms with van der Waals surface area (Å²) in [5.74, 6) is 0. The number of fused-ring (bicyclic) bond motifs is 1. The van der Waals surface area contributed by atoms with Gasteiger partial charge in [0.1, 0.15) is 0 Å². The van der Waals surface area contributed by atoms with Crippen molar-refractivity contribution in [3.63, 3.8) is 0 Å². The van der Waals surface area contributed by atoms with Crippen LogP contribution in [0.5, 0.6) is 0 Å². The molecule has 0 saturated carbocycles. The van der Waals surface area contributed by atoms with Gasteiger partial charge in [0.05, 0.1) is 10.5 Å². The van der Waals surface area contributed by atoms with Crippen molar-refractivity contribution in [3.8, 4) is 0 Å². The summed E-state index contributed by atoms with van der Waals surface area (Å²) < 4.78 is 62.6. The second-order valence-corrected chi connectivity index (χ2v) is 6.04. The predicted octanol–water partition coefficient (Wildman–Crippen LogP) is 2.44. The van der Waals surface area contributed by atoms with E-state index >= 15 is 0 Å². The molecule has 1 aromatic carbocycles. The van der Waals surface area contributed by atoms with Gasteiger partial charge in [-0.3, -0.25) is 0 Å². The minimum Gasteiger partial charge on any atom is -0.313 e. The summed E-state index contributed by atoms with van der Waals surface area (Å²) in [7, 11) is -2.43. The maximum Gasteiger partial charge on any atom is 0.417 e. The molecular formula is C12H12F3NO2S. The smallest absolute Gasteiger partial charge is 0.313 e.